The number of aromatic nitrogens is 3. The maximum Gasteiger partial charge on any atom is 0.419 e. The third kappa shape index (κ3) is 4.66. The average molecular weight is 473 g/mol. The minimum Gasteiger partial charge on any atom is -0.443 e. The second-order valence-electron chi connectivity index (χ2n) is 9.26. The first-order valence-corrected chi connectivity index (χ1v) is 12.3. The molecule has 4 rings (SSSR count). The van der Waals surface area contributed by atoms with Gasteiger partial charge in [0.15, 0.2) is 10.7 Å². The van der Waals surface area contributed by atoms with E-state index >= 15 is 0 Å². The number of hydrogen-bond acceptors (Lipinski definition) is 7. The van der Waals surface area contributed by atoms with Crippen LogP contribution in [0.25, 0.3) is 0 Å². The topological polar surface area (TPSA) is 116 Å². The Balaban J connectivity index is 1.65. The fourth-order valence-corrected chi connectivity index (χ4v) is 5.66. The Morgan fingerprint density at radius 1 is 1.27 bits per heavy atom. The molecule has 1 aliphatic carbocycles. The SMILES string of the molecule is Cc1noc(C)c1S(=O)(=O)Nc1cccc2c1CCCC2c1cn(C(=O)OC(C)(C)C)cn1. The van der Waals surface area contributed by atoms with Gasteiger partial charge in [-0.3, -0.25) is 4.72 Å². The molecule has 0 bridgehead atoms. The van der Waals surface area contributed by atoms with Gasteiger partial charge in [-0.15, -0.1) is 0 Å². The van der Waals surface area contributed by atoms with Gasteiger partial charge in [-0.1, -0.05) is 17.3 Å². The molecule has 2 heterocycles. The van der Waals surface area contributed by atoms with Gasteiger partial charge in [-0.25, -0.2) is 22.8 Å². The molecule has 1 N–H and O–H groups in total. The van der Waals surface area contributed by atoms with Crippen molar-refractivity contribution in [1.82, 2.24) is 14.7 Å². The molecule has 9 nitrogen and oxygen atoms in total. The van der Waals surface area contributed by atoms with Gasteiger partial charge in [0.2, 0.25) is 0 Å². The molecule has 0 saturated carbocycles. The van der Waals surface area contributed by atoms with Gasteiger partial charge in [0, 0.05) is 12.1 Å². The number of anilines is 1. The molecule has 0 fully saturated rings. The zero-order chi connectivity index (χ0) is 24.0. The van der Waals surface area contributed by atoms with Crippen LogP contribution in [0.4, 0.5) is 10.5 Å². The van der Waals surface area contributed by atoms with Crippen molar-refractivity contribution in [2.75, 3.05) is 4.72 Å². The van der Waals surface area contributed by atoms with Gasteiger partial charge < -0.3 is 9.26 Å². The van der Waals surface area contributed by atoms with Crippen LogP contribution in [0.2, 0.25) is 0 Å². The molecule has 0 amide bonds. The van der Waals surface area contributed by atoms with Gasteiger partial charge in [0.25, 0.3) is 10.0 Å². The quantitative estimate of drug-likeness (QED) is 0.592. The molecule has 0 aliphatic heterocycles. The van der Waals surface area contributed by atoms with E-state index in [4.69, 9.17) is 9.26 Å². The number of ether oxygens (including phenoxy) is 1. The summed E-state index contributed by atoms with van der Waals surface area (Å²) in [5.41, 5.74) is 2.91. The zero-order valence-electron chi connectivity index (χ0n) is 19.4. The first-order chi connectivity index (χ1) is 15.5. The molecule has 1 atom stereocenters. The Bertz CT molecular complexity index is 1280. The van der Waals surface area contributed by atoms with Crippen LogP contribution in [0.15, 0.2) is 40.1 Å². The summed E-state index contributed by atoms with van der Waals surface area (Å²) in [4.78, 5) is 16.9. The fourth-order valence-electron chi connectivity index (χ4n) is 4.24. The maximum atomic E-state index is 13.1. The standard InChI is InChI=1S/C23H28N4O5S/c1-14-21(15(2)32-25-14)33(29,30)26-19-11-7-8-16-17(19)9-6-10-18(16)20-12-27(13-24-20)22(28)31-23(3,4)5/h7-8,11-13,18,26H,6,9-10H2,1-5H3. The van der Waals surface area contributed by atoms with Crippen molar-refractivity contribution in [2.45, 2.75) is 70.3 Å². The summed E-state index contributed by atoms with van der Waals surface area (Å²) in [6, 6.07) is 5.57. The molecule has 2 aromatic heterocycles. The number of nitrogens with one attached hydrogen (secondary N) is 1. The first-order valence-electron chi connectivity index (χ1n) is 10.8. The molecule has 0 saturated heterocycles. The molecule has 1 aromatic carbocycles. The van der Waals surface area contributed by atoms with E-state index in [1.807, 2.05) is 32.9 Å². The monoisotopic (exact) mass is 472 g/mol. The normalized spacial score (nSPS) is 16.3. The van der Waals surface area contributed by atoms with E-state index in [1.54, 1.807) is 26.1 Å². The van der Waals surface area contributed by atoms with Gasteiger partial charge in [-0.05, 0) is 71.1 Å². The molecule has 176 valence electrons. The third-order valence-electron chi connectivity index (χ3n) is 5.55. The molecular weight excluding hydrogens is 444 g/mol. The molecular formula is C23H28N4O5S. The molecule has 0 spiro atoms. The number of benzene rings is 1. The van der Waals surface area contributed by atoms with Crippen molar-refractivity contribution >= 4 is 21.8 Å². The number of imidazole rings is 1. The summed E-state index contributed by atoms with van der Waals surface area (Å²) in [6.45, 7) is 8.61. The van der Waals surface area contributed by atoms with E-state index in [0.29, 0.717) is 11.4 Å². The summed E-state index contributed by atoms with van der Waals surface area (Å²) in [6.07, 6.45) is 5.10. The Hall–Kier alpha value is -3.14. The van der Waals surface area contributed by atoms with Crippen LogP contribution in [0.5, 0.6) is 0 Å². The van der Waals surface area contributed by atoms with Crippen LogP contribution < -0.4 is 4.72 Å². The van der Waals surface area contributed by atoms with E-state index in [9.17, 15) is 13.2 Å². The highest BCUT2D eigenvalue weighted by atomic mass is 32.2. The number of nitrogens with zero attached hydrogens (tertiary/aromatic N) is 3. The molecule has 33 heavy (non-hydrogen) atoms. The summed E-state index contributed by atoms with van der Waals surface area (Å²) in [7, 11) is -3.86. The number of sulfonamides is 1. The van der Waals surface area contributed by atoms with Gasteiger partial charge >= 0.3 is 6.09 Å². The van der Waals surface area contributed by atoms with Crippen molar-refractivity contribution < 1.29 is 22.5 Å². The zero-order valence-corrected chi connectivity index (χ0v) is 20.2. The second kappa shape index (κ2) is 8.33. The smallest absolute Gasteiger partial charge is 0.419 e. The molecule has 1 aliphatic rings. The predicted octanol–water partition coefficient (Wildman–Crippen LogP) is 4.54. The Morgan fingerprint density at radius 2 is 2.03 bits per heavy atom. The van der Waals surface area contributed by atoms with Crippen LogP contribution in [-0.2, 0) is 21.2 Å². The van der Waals surface area contributed by atoms with Gasteiger partial charge in [0.05, 0.1) is 11.4 Å². The Labute approximate surface area is 193 Å². The lowest BCUT2D eigenvalue weighted by molar-refractivity contribution is 0.0536. The largest absolute Gasteiger partial charge is 0.443 e. The Kier molecular flexibility index (Phi) is 5.81. The van der Waals surface area contributed by atoms with Crippen LogP contribution in [0.3, 0.4) is 0 Å². The molecule has 3 aromatic rings. The highest BCUT2D eigenvalue weighted by Gasteiger charge is 2.29. The Morgan fingerprint density at radius 3 is 2.70 bits per heavy atom. The van der Waals surface area contributed by atoms with Crippen LogP contribution in [-0.4, -0.2) is 34.8 Å². The van der Waals surface area contributed by atoms with Crippen molar-refractivity contribution in [3.63, 3.8) is 0 Å². The highest BCUT2D eigenvalue weighted by Crippen LogP contribution is 2.39. The van der Waals surface area contributed by atoms with E-state index in [-0.39, 0.29) is 16.6 Å². The summed E-state index contributed by atoms with van der Waals surface area (Å²) < 4.78 is 40.6. The molecule has 0 radical (unpaired) electrons. The predicted molar refractivity (Wildman–Crippen MR) is 122 cm³/mol. The number of carbonyl (C=O) groups is 1. The van der Waals surface area contributed by atoms with E-state index in [2.05, 4.69) is 14.9 Å². The van der Waals surface area contributed by atoms with E-state index in [0.717, 1.165) is 36.1 Å². The third-order valence-corrected chi connectivity index (χ3v) is 7.16. The van der Waals surface area contributed by atoms with Crippen LogP contribution in [0, 0.1) is 13.8 Å². The average Bonchev–Trinajstić information content (AvgIpc) is 3.33. The maximum absolute atomic E-state index is 13.1. The van der Waals surface area contributed by atoms with Crippen molar-refractivity contribution in [3.05, 3.63) is 59.0 Å². The molecule has 1 unspecified atom stereocenters. The summed E-state index contributed by atoms with van der Waals surface area (Å²) in [5, 5.41) is 3.76. The lowest BCUT2D eigenvalue weighted by atomic mass is 9.80. The first kappa shape index (κ1) is 23.0. The summed E-state index contributed by atoms with van der Waals surface area (Å²) in [5.74, 6) is 0.191. The van der Waals surface area contributed by atoms with Gasteiger partial charge in [0.1, 0.15) is 17.6 Å². The molecule has 10 heteroatoms. The highest BCUT2D eigenvalue weighted by molar-refractivity contribution is 7.92. The number of fused-ring (bicyclic) bond motifs is 1. The van der Waals surface area contributed by atoms with Gasteiger partial charge in [-0.2, -0.15) is 0 Å². The van der Waals surface area contributed by atoms with Crippen LogP contribution in [0.1, 0.15) is 67.8 Å². The number of aryl methyl sites for hydroxylation is 2. The van der Waals surface area contributed by atoms with Crippen molar-refractivity contribution in [1.29, 1.82) is 0 Å². The van der Waals surface area contributed by atoms with E-state index < -0.39 is 21.7 Å². The lowest BCUT2D eigenvalue weighted by Gasteiger charge is -2.26. The lowest BCUT2D eigenvalue weighted by Crippen LogP contribution is -2.26. The minimum absolute atomic E-state index is 0.0547. The van der Waals surface area contributed by atoms with Crippen molar-refractivity contribution in [3.8, 4) is 0 Å². The van der Waals surface area contributed by atoms with Crippen molar-refractivity contribution in [2.24, 2.45) is 0 Å². The van der Waals surface area contributed by atoms with E-state index in [1.165, 1.54) is 10.9 Å². The summed E-state index contributed by atoms with van der Waals surface area (Å²) >= 11 is 0. The van der Waals surface area contributed by atoms with Crippen LogP contribution >= 0.6 is 0 Å². The number of hydrogen-bond donors (Lipinski definition) is 1. The second-order valence-corrected chi connectivity index (χ2v) is 10.9. The number of rotatable bonds is 4. The minimum atomic E-state index is -3.86. The number of carbonyl (C=O) groups excluding carboxylic acids is 1. The fraction of sp³-hybridized carbons (Fsp3) is 0.435.